The Kier molecular flexibility index (Phi) is 4.08. The number of hydrogen-bond acceptors (Lipinski definition) is 3. The van der Waals surface area contributed by atoms with Gasteiger partial charge in [-0.25, -0.2) is 13.2 Å². The third-order valence-electron chi connectivity index (χ3n) is 4.35. The molecule has 1 unspecified atom stereocenters. The van der Waals surface area contributed by atoms with Crippen LogP contribution in [0.2, 0.25) is 0 Å². The molecule has 1 aliphatic heterocycles. The maximum Gasteiger partial charge on any atom is 0.317 e. The highest BCUT2D eigenvalue weighted by Gasteiger charge is 2.40. The molecular weight excluding hydrogens is 264 g/mol. The van der Waals surface area contributed by atoms with Crippen LogP contribution in [0, 0.1) is 0 Å². The maximum absolute atomic E-state index is 12.2. The van der Waals surface area contributed by atoms with Crippen molar-refractivity contribution in [2.75, 3.05) is 18.6 Å². The number of urea groups is 1. The lowest BCUT2D eigenvalue weighted by Gasteiger charge is -2.34. The van der Waals surface area contributed by atoms with Crippen LogP contribution in [0.25, 0.3) is 0 Å². The number of amides is 2. The zero-order valence-corrected chi connectivity index (χ0v) is 12.6. The molecule has 1 saturated carbocycles. The molecule has 2 aliphatic rings. The molecule has 0 aromatic carbocycles. The first kappa shape index (κ1) is 14.6. The molecule has 1 atom stereocenters. The molecule has 1 N–H and O–H groups in total. The van der Waals surface area contributed by atoms with E-state index in [1.54, 1.807) is 4.90 Å². The fourth-order valence-corrected chi connectivity index (χ4v) is 5.18. The Morgan fingerprint density at radius 2 is 1.89 bits per heavy atom. The molecule has 2 rings (SSSR count). The normalized spacial score (nSPS) is 31.1. The first-order valence-corrected chi connectivity index (χ1v) is 8.89. The highest BCUT2D eigenvalue weighted by atomic mass is 32.2. The summed E-state index contributed by atoms with van der Waals surface area (Å²) in [4.78, 5) is 14.0. The van der Waals surface area contributed by atoms with Gasteiger partial charge in [0.15, 0.2) is 9.84 Å². The largest absolute Gasteiger partial charge is 0.332 e. The van der Waals surface area contributed by atoms with Crippen LogP contribution in [0.3, 0.4) is 0 Å². The van der Waals surface area contributed by atoms with E-state index in [1.165, 1.54) is 19.3 Å². The second-order valence-electron chi connectivity index (χ2n) is 6.24. The molecule has 19 heavy (non-hydrogen) atoms. The molecule has 6 heteroatoms. The predicted molar refractivity (Wildman–Crippen MR) is 74.8 cm³/mol. The molecule has 110 valence electrons. The Morgan fingerprint density at radius 1 is 1.26 bits per heavy atom. The summed E-state index contributed by atoms with van der Waals surface area (Å²) in [7, 11) is -1.17. The Hall–Kier alpha value is -0.780. The lowest BCUT2D eigenvalue weighted by atomic mass is 9.94. The van der Waals surface area contributed by atoms with Crippen molar-refractivity contribution in [2.45, 2.75) is 57.0 Å². The molecule has 2 amide bonds. The lowest BCUT2D eigenvalue weighted by Crippen LogP contribution is -2.53. The molecule has 0 radical (unpaired) electrons. The van der Waals surface area contributed by atoms with Gasteiger partial charge in [-0.15, -0.1) is 0 Å². The van der Waals surface area contributed by atoms with Crippen molar-refractivity contribution in [3.63, 3.8) is 0 Å². The summed E-state index contributed by atoms with van der Waals surface area (Å²) in [6.07, 6.45) is 6.22. The minimum atomic E-state index is -2.98. The topological polar surface area (TPSA) is 66.5 Å². The van der Waals surface area contributed by atoms with Gasteiger partial charge < -0.3 is 10.2 Å². The molecular formula is C13H24N2O3S. The second-order valence-corrected chi connectivity index (χ2v) is 8.42. The van der Waals surface area contributed by atoms with Crippen LogP contribution in [0.1, 0.15) is 45.4 Å². The van der Waals surface area contributed by atoms with Crippen LogP contribution in [-0.2, 0) is 9.84 Å². The van der Waals surface area contributed by atoms with E-state index >= 15 is 0 Å². The van der Waals surface area contributed by atoms with Crippen LogP contribution in [0.15, 0.2) is 0 Å². The van der Waals surface area contributed by atoms with E-state index in [-0.39, 0.29) is 17.5 Å². The van der Waals surface area contributed by atoms with Gasteiger partial charge in [0.25, 0.3) is 0 Å². The van der Waals surface area contributed by atoms with Gasteiger partial charge in [0, 0.05) is 13.1 Å². The summed E-state index contributed by atoms with van der Waals surface area (Å²) in [5.41, 5.74) is -0.598. The number of sulfone groups is 1. The summed E-state index contributed by atoms with van der Waals surface area (Å²) in [5.74, 6) is 0.237. The number of rotatable bonds is 2. The van der Waals surface area contributed by atoms with Crippen molar-refractivity contribution in [3.05, 3.63) is 0 Å². The molecule has 1 saturated heterocycles. The number of nitrogens with zero attached hydrogens (tertiary/aromatic N) is 1. The second kappa shape index (κ2) is 5.31. The van der Waals surface area contributed by atoms with Gasteiger partial charge in [0.05, 0.1) is 17.0 Å². The molecule has 0 aromatic heterocycles. The van der Waals surface area contributed by atoms with Crippen molar-refractivity contribution in [3.8, 4) is 0 Å². The Labute approximate surface area is 115 Å². The standard InChI is InChI=1S/C13H24N2O3S/c1-13(8-9-19(17,18)10-13)14-12(16)15(2)11-6-4-3-5-7-11/h11H,3-10H2,1-2H3,(H,14,16). The number of carbonyl (C=O) groups excluding carboxylic acids is 1. The third kappa shape index (κ3) is 3.61. The van der Waals surface area contributed by atoms with E-state index in [1.807, 2.05) is 14.0 Å². The zero-order valence-electron chi connectivity index (χ0n) is 11.8. The average Bonchev–Trinajstić information content (AvgIpc) is 2.63. The number of hydrogen-bond donors (Lipinski definition) is 1. The van der Waals surface area contributed by atoms with Gasteiger partial charge in [-0.3, -0.25) is 0 Å². The zero-order chi connectivity index (χ0) is 14.1. The molecule has 1 aliphatic carbocycles. The molecule has 0 bridgehead atoms. The van der Waals surface area contributed by atoms with Crippen molar-refractivity contribution in [2.24, 2.45) is 0 Å². The first-order valence-electron chi connectivity index (χ1n) is 7.07. The van der Waals surface area contributed by atoms with Crippen molar-refractivity contribution in [1.29, 1.82) is 0 Å². The van der Waals surface area contributed by atoms with Crippen molar-refractivity contribution >= 4 is 15.9 Å². The minimum Gasteiger partial charge on any atom is -0.332 e. The van der Waals surface area contributed by atoms with E-state index in [2.05, 4.69) is 5.32 Å². The highest BCUT2D eigenvalue weighted by Crippen LogP contribution is 2.25. The van der Waals surface area contributed by atoms with Crippen molar-refractivity contribution in [1.82, 2.24) is 10.2 Å². The minimum absolute atomic E-state index is 0.0598. The maximum atomic E-state index is 12.2. The van der Waals surface area contributed by atoms with Gasteiger partial charge in [-0.1, -0.05) is 19.3 Å². The van der Waals surface area contributed by atoms with Gasteiger partial charge >= 0.3 is 6.03 Å². The van der Waals surface area contributed by atoms with Crippen LogP contribution < -0.4 is 5.32 Å². The summed E-state index contributed by atoms with van der Waals surface area (Å²) >= 11 is 0. The summed E-state index contributed by atoms with van der Waals surface area (Å²) in [5, 5.41) is 2.92. The Morgan fingerprint density at radius 3 is 2.42 bits per heavy atom. The molecule has 0 aromatic rings. The fraction of sp³-hybridized carbons (Fsp3) is 0.923. The number of carbonyl (C=O) groups is 1. The SMILES string of the molecule is CN(C(=O)NC1(C)CCS(=O)(=O)C1)C1CCCCC1. The molecule has 2 fully saturated rings. The Bertz CT molecular complexity index is 443. The fourth-order valence-electron chi connectivity index (χ4n) is 3.09. The van der Waals surface area contributed by atoms with E-state index in [9.17, 15) is 13.2 Å². The highest BCUT2D eigenvalue weighted by molar-refractivity contribution is 7.91. The monoisotopic (exact) mass is 288 g/mol. The predicted octanol–water partition coefficient (Wildman–Crippen LogP) is 1.54. The molecule has 1 heterocycles. The molecule has 5 nitrogen and oxygen atoms in total. The van der Waals surface area contributed by atoms with E-state index in [0.717, 1.165) is 12.8 Å². The smallest absolute Gasteiger partial charge is 0.317 e. The average molecular weight is 288 g/mol. The van der Waals surface area contributed by atoms with E-state index < -0.39 is 15.4 Å². The lowest BCUT2D eigenvalue weighted by molar-refractivity contribution is 0.165. The summed E-state index contributed by atoms with van der Waals surface area (Å²) < 4.78 is 23.1. The van der Waals surface area contributed by atoms with Gasteiger partial charge in [-0.05, 0) is 26.2 Å². The van der Waals surface area contributed by atoms with E-state index in [0.29, 0.717) is 12.5 Å². The quantitative estimate of drug-likeness (QED) is 0.838. The van der Waals surface area contributed by atoms with Gasteiger partial charge in [-0.2, -0.15) is 0 Å². The Balaban J connectivity index is 1.93. The third-order valence-corrected chi connectivity index (χ3v) is 6.26. The molecule has 0 spiro atoms. The van der Waals surface area contributed by atoms with E-state index in [4.69, 9.17) is 0 Å². The first-order chi connectivity index (χ1) is 8.81. The van der Waals surface area contributed by atoms with Crippen LogP contribution in [-0.4, -0.2) is 49.5 Å². The van der Waals surface area contributed by atoms with Gasteiger partial charge in [0.1, 0.15) is 0 Å². The summed E-state index contributed by atoms with van der Waals surface area (Å²) in [6.45, 7) is 1.82. The number of nitrogens with one attached hydrogen (secondary N) is 1. The van der Waals surface area contributed by atoms with Crippen LogP contribution in [0.5, 0.6) is 0 Å². The van der Waals surface area contributed by atoms with Crippen LogP contribution in [0.4, 0.5) is 4.79 Å². The van der Waals surface area contributed by atoms with Crippen molar-refractivity contribution < 1.29 is 13.2 Å². The summed E-state index contributed by atoms with van der Waals surface area (Å²) in [6, 6.07) is 0.168. The van der Waals surface area contributed by atoms with Gasteiger partial charge in [0.2, 0.25) is 0 Å². The van der Waals surface area contributed by atoms with Crippen LogP contribution >= 0.6 is 0 Å².